The lowest BCUT2D eigenvalue weighted by Crippen LogP contribution is -2.44. The van der Waals surface area contributed by atoms with Crippen molar-refractivity contribution in [3.05, 3.63) is 0 Å². The van der Waals surface area contributed by atoms with Gasteiger partial charge in [-0.15, -0.1) is 0 Å². The molecular weight excluding hydrogens is 302 g/mol. The zero-order chi connectivity index (χ0) is 17.3. The zero-order valence-electron chi connectivity index (χ0n) is 15.6. The van der Waals surface area contributed by atoms with Gasteiger partial charge in [0.25, 0.3) is 0 Å². The molecule has 3 fully saturated rings. The van der Waals surface area contributed by atoms with Crippen LogP contribution in [0, 0.1) is 23.2 Å². The molecule has 4 heteroatoms. The summed E-state index contributed by atoms with van der Waals surface area (Å²) in [7, 11) is 0. The number of piperidine rings is 1. The number of carbonyl (C=O) groups excluding carboxylic acids is 2. The minimum atomic E-state index is -0.109. The maximum absolute atomic E-state index is 12.5. The number of hydrogen-bond donors (Lipinski definition) is 0. The highest BCUT2D eigenvalue weighted by Crippen LogP contribution is 2.39. The van der Waals surface area contributed by atoms with Gasteiger partial charge in [-0.3, -0.25) is 9.59 Å². The van der Waals surface area contributed by atoms with E-state index in [1.165, 1.54) is 0 Å². The maximum atomic E-state index is 12.5. The Bertz CT molecular complexity index is 470. The highest BCUT2D eigenvalue weighted by Gasteiger charge is 2.38. The second-order valence-electron chi connectivity index (χ2n) is 9.17. The first-order valence-corrected chi connectivity index (χ1v) is 9.84. The number of rotatable bonds is 3. The molecule has 0 radical (unpaired) electrons. The van der Waals surface area contributed by atoms with Gasteiger partial charge in [-0.25, -0.2) is 0 Å². The molecule has 24 heavy (non-hydrogen) atoms. The van der Waals surface area contributed by atoms with Crippen molar-refractivity contribution in [2.45, 2.75) is 78.2 Å². The number of amides is 1. The topological polar surface area (TPSA) is 46.6 Å². The number of esters is 1. The molecule has 3 rings (SSSR count). The van der Waals surface area contributed by atoms with Gasteiger partial charge in [-0.05, 0) is 62.7 Å². The molecule has 2 aliphatic carbocycles. The van der Waals surface area contributed by atoms with Crippen molar-refractivity contribution in [3.8, 4) is 0 Å². The lowest BCUT2D eigenvalue weighted by molar-refractivity contribution is -0.159. The standard InChI is InChI=1S/C20H33NO3/c1-20(2,3)16-8-10-17(11-9-16)24-19(23)15-5-4-12-21(13-15)18(22)14-6-7-14/h14-17H,4-13H2,1-3H3. The van der Waals surface area contributed by atoms with E-state index in [4.69, 9.17) is 4.74 Å². The van der Waals surface area contributed by atoms with Gasteiger partial charge in [-0.2, -0.15) is 0 Å². The Morgan fingerprint density at radius 2 is 1.58 bits per heavy atom. The van der Waals surface area contributed by atoms with E-state index in [0.717, 1.165) is 63.8 Å². The Balaban J connectivity index is 1.46. The smallest absolute Gasteiger partial charge is 0.311 e. The first kappa shape index (κ1) is 17.8. The summed E-state index contributed by atoms with van der Waals surface area (Å²) in [6, 6.07) is 0. The van der Waals surface area contributed by atoms with Gasteiger partial charge in [0.05, 0.1) is 5.92 Å². The highest BCUT2D eigenvalue weighted by atomic mass is 16.5. The van der Waals surface area contributed by atoms with E-state index >= 15 is 0 Å². The molecule has 4 nitrogen and oxygen atoms in total. The molecule has 0 spiro atoms. The molecule has 1 atom stereocenters. The van der Waals surface area contributed by atoms with Crippen LogP contribution in [0.4, 0.5) is 0 Å². The van der Waals surface area contributed by atoms with Crippen molar-refractivity contribution in [1.29, 1.82) is 0 Å². The summed E-state index contributed by atoms with van der Waals surface area (Å²) in [4.78, 5) is 26.7. The molecule has 0 aromatic rings. The predicted molar refractivity (Wildman–Crippen MR) is 93.3 cm³/mol. The quantitative estimate of drug-likeness (QED) is 0.737. The summed E-state index contributed by atoms with van der Waals surface area (Å²) in [6.07, 6.45) is 8.22. The van der Waals surface area contributed by atoms with Gasteiger partial charge < -0.3 is 9.64 Å². The third kappa shape index (κ3) is 4.31. The van der Waals surface area contributed by atoms with Crippen LogP contribution >= 0.6 is 0 Å². The van der Waals surface area contributed by atoms with Crippen molar-refractivity contribution >= 4 is 11.9 Å². The molecule has 1 amide bonds. The number of carbonyl (C=O) groups is 2. The van der Waals surface area contributed by atoms with Crippen LogP contribution in [-0.4, -0.2) is 36.0 Å². The molecule has 1 unspecified atom stereocenters. The summed E-state index contributed by atoms with van der Waals surface area (Å²) in [5.41, 5.74) is 0.349. The van der Waals surface area contributed by atoms with Gasteiger partial charge in [0.1, 0.15) is 6.10 Å². The van der Waals surface area contributed by atoms with Crippen LogP contribution < -0.4 is 0 Å². The van der Waals surface area contributed by atoms with E-state index in [0.29, 0.717) is 12.0 Å². The van der Waals surface area contributed by atoms with Gasteiger partial charge in [-0.1, -0.05) is 20.8 Å². The van der Waals surface area contributed by atoms with Crippen molar-refractivity contribution < 1.29 is 14.3 Å². The lowest BCUT2D eigenvalue weighted by atomic mass is 9.72. The van der Waals surface area contributed by atoms with Gasteiger partial charge in [0.2, 0.25) is 5.91 Å². The maximum Gasteiger partial charge on any atom is 0.311 e. The second kappa shape index (κ2) is 7.05. The minimum absolute atomic E-state index is 0.0671. The van der Waals surface area contributed by atoms with E-state index in [9.17, 15) is 9.59 Å². The molecule has 136 valence electrons. The van der Waals surface area contributed by atoms with E-state index in [-0.39, 0.29) is 29.8 Å². The van der Waals surface area contributed by atoms with Crippen LogP contribution in [0.2, 0.25) is 0 Å². The lowest BCUT2D eigenvalue weighted by Gasteiger charge is -2.37. The van der Waals surface area contributed by atoms with Crippen molar-refractivity contribution in [3.63, 3.8) is 0 Å². The van der Waals surface area contributed by atoms with Crippen LogP contribution in [0.15, 0.2) is 0 Å². The van der Waals surface area contributed by atoms with Crippen LogP contribution in [0.5, 0.6) is 0 Å². The van der Waals surface area contributed by atoms with Gasteiger partial charge >= 0.3 is 5.97 Å². The van der Waals surface area contributed by atoms with E-state index < -0.39 is 0 Å². The van der Waals surface area contributed by atoms with E-state index in [1.807, 2.05) is 4.90 Å². The first-order valence-electron chi connectivity index (χ1n) is 9.84. The van der Waals surface area contributed by atoms with Crippen molar-refractivity contribution in [2.24, 2.45) is 23.2 Å². The highest BCUT2D eigenvalue weighted by molar-refractivity contribution is 5.82. The SMILES string of the molecule is CC(C)(C)C1CCC(OC(=O)C2CCCN(C(=O)C3CC3)C2)CC1. The summed E-state index contributed by atoms with van der Waals surface area (Å²) >= 11 is 0. The normalized spacial score (nSPS) is 31.6. The fourth-order valence-electron chi connectivity index (χ4n) is 4.27. The van der Waals surface area contributed by atoms with Crippen LogP contribution in [-0.2, 0) is 14.3 Å². The van der Waals surface area contributed by atoms with Crippen LogP contribution in [0.1, 0.15) is 72.1 Å². The minimum Gasteiger partial charge on any atom is -0.462 e. The van der Waals surface area contributed by atoms with E-state index in [1.54, 1.807) is 0 Å². The fourth-order valence-corrected chi connectivity index (χ4v) is 4.27. The molecule has 0 bridgehead atoms. The largest absolute Gasteiger partial charge is 0.462 e. The third-order valence-electron chi connectivity index (χ3n) is 6.17. The number of ether oxygens (including phenoxy) is 1. The van der Waals surface area contributed by atoms with Crippen LogP contribution in [0.3, 0.4) is 0 Å². The zero-order valence-corrected chi connectivity index (χ0v) is 15.6. The molecule has 0 aromatic heterocycles. The summed E-state index contributed by atoms with van der Waals surface area (Å²) in [5, 5.41) is 0. The van der Waals surface area contributed by atoms with Gasteiger partial charge in [0.15, 0.2) is 0 Å². The molecule has 0 N–H and O–H groups in total. The van der Waals surface area contributed by atoms with Crippen molar-refractivity contribution in [2.75, 3.05) is 13.1 Å². The predicted octanol–water partition coefficient (Wildman–Crippen LogP) is 3.78. The Kier molecular flexibility index (Phi) is 5.22. The molecule has 2 saturated carbocycles. The molecule has 1 heterocycles. The Labute approximate surface area is 146 Å². The summed E-state index contributed by atoms with van der Waals surface area (Å²) in [6.45, 7) is 8.30. The number of likely N-dealkylation sites (tertiary alicyclic amines) is 1. The Morgan fingerprint density at radius 1 is 0.917 bits per heavy atom. The molecule has 1 saturated heterocycles. The molecule has 1 aliphatic heterocycles. The number of hydrogen-bond acceptors (Lipinski definition) is 3. The third-order valence-corrected chi connectivity index (χ3v) is 6.17. The molecule has 0 aromatic carbocycles. The average Bonchev–Trinajstić information content (AvgIpc) is 3.39. The summed E-state index contributed by atoms with van der Waals surface area (Å²) in [5.74, 6) is 1.06. The van der Waals surface area contributed by atoms with E-state index in [2.05, 4.69) is 20.8 Å². The molecular formula is C20H33NO3. The molecule has 3 aliphatic rings. The van der Waals surface area contributed by atoms with Crippen molar-refractivity contribution in [1.82, 2.24) is 4.90 Å². The Morgan fingerprint density at radius 3 is 2.17 bits per heavy atom. The van der Waals surface area contributed by atoms with Gasteiger partial charge in [0, 0.05) is 19.0 Å². The second-order valence-corrected chi connectivity index (χ2v) is 9.17. The first-order chi connectivity index (χ1) is 11.3. The fraction of sp³-hybridized carbons (Fsp3) is 0.900. The monoisotopic (exact) mass is 335 g/mol. The average molecular weight is 335 g/mol. The van der Waals surface area contributed by atoms with Crippen LogP contribution in [0.25, 0.3) is 0 Å². The summed E-state index contributed by atoms with van der Waals surface area (Å²) < 4.78 is 5.82. The number of nitrogens with zero attached hydrogens (tertiary/aromatic N) is 1. The Hall–Kier alpha value is -1.06.